The van der Waals surface area contributed by atoms with E-state index in [0.717, 1.165) is 21.9 Å². The summed E-state index contributed by atoms with van der Waals surface area (Å²) in [5.41, 5.74) is 4.21. The fraction of sp³-hybridized carbons (Fsp3) is 0. The Morgan fingerprint density at radius 2 is 1.57 bits per heavy atom. The second-order valence-electron chi connectivity index (χ2n) is 6.65. The first-order valence-electron chi connectivity index (χ1n) is 8.98. The Kier molecular flexibility index (Phi) is 3.76. The molecule has 0 fully saturated rings. The summed E-state index contributed by atoms with van der Waals surface area (Å²) in [6.45, 7) is 0. The van der Waals surface area contributed by atoms with Gasteiger partial charge in [0, 0.05) is 33.0 Å². The van der Waals surface area contributed by atoms with Gasteiger partial charge in [0.15, 0.2) is 5.78 Å². The number of H-pyrrole nitrogens is 1. The molecule has 0 aliphatic carbocycles. The van der Waals surface area contributed by atoms with Crippen LogP contribution in [0, 0.1) is 5.82 Å². The van der Waals surface area contributed by atoms with Crippen LogP contribution in [0.15, 0.2) is 84.9 Å². The van der Waals surface area contributed by atoms with Gasteiger partial charge in [-0.3, -0.25) is 4.79 Å². The second-order valence-corrected chi connectivity index (χ2v) is 6.65. The highest BCUT2D eigenvalue weighted by molar-refractivity contribution is 6.22. The molecule has 0 unspecified atom stereocenters. The summed E-state index contributed by atoms with van der Waals surface area (Å²) in [5.74, 6) is -0.525. The second kappa shape index (κ2) is 6.43. The van der Waals surface area contributed by atoms with Crippen molar-refractivity contribution in [3.05, 3.63) is 102 Å². The first-order chi connectivity index (χ1) is 13.7. The molecule has 5 rings (SSSR count). The summed E-state index contributed by atoms with van der Waals surface area (Å²) in [4.78, 5) is 21.4. The lowest BCUT2D eigenvalue weighted by molar-refractivity contribution is 0.104. The van der Waals surface area contributed by atoms with E-state index in [1.165, 1.54) is 24.3 Å². The van der Waals surface area contributed by atoms with Crippen molar-refractivity contribution in [2.45, 2.75) is 0 Å². The van der Waals surface area contributed by atoms with E-state index < -0.39 is 0 Å². The number of hydrogen-bond donors (Lipinski definition) is 1. The van der Waals surface area contributed by atoms with E-state index in [-0.39, 0.29) is 11.6 Å². The standard InChI is InChI=1S/C24H15FN2O/c25-17-12-10-16(11-13-17)23(28)19-14-21(15-6-2-1-3-7-15)27-24-22(19)18-8-4-5-9-20(18)26-24/h1-14H,(H,26,27). The van der Waals surface area contributed by atoms with Crippen molar-refractivity contribution in [3.63, 3.8) is 0 Å². The quantitative estimate of drug-likeness (QED) is 0.413. The molecule has 0 bridgehead atoms. The number of fused-ring (bicyclic) bond motifs is 3. The predicted octanol–water partition coefficient (Wildman–Crippen LogP) is 5.75. The molecule has 0 aliphatic heterocycles. The molecule has 134 valence electrons. The summed E-state index contributed by atoms with van der Waals surface area (Å²) in [7, 11) is 0. The van der Waals surface area contributed by atoms with Crippen LogP contribution < -0.4 is 0 Å². The van der Waals surface area contributed by atoms with Crippen molar-refractivity contribution in [2.75, 3.05) is 0 Å². The van der Waals surface area contributed by atoms with E-state index in [1.807, 2.05) is 60.7 Å². The number of para-hydroxylation sites is 1. The van der Waals surface area contributed by atoms with Gasteiger partial charge in [0.1, 0.15) is 11.5 Å². The third kappa shape index (κ3) is 2.67. The lowest BCUT2D eigenvalue weighted by atomic mass is 9.97. The Morgan fingerprint density at radius 1 is 0.857 bits per heavy atom. The zero-order valence-corrected chi connectivity index (χ0v) is 14.8. The molecule has 0 saturated carbocycles. The van der Waals surface area contributed by atoms with Crippen LogP contribution in [0.25, 0.3) is 33.2 Å². The number of benzene rings is 3. The molecule has 5 aromatic rings. The van der Waals surface area contributed by atoms with Gasteiger partial charge in [0.2, 0.25) is 0 Å². The minimum Gasteiger partial charge on any atom is -0.339 e. The SMILES string of the molecule is O=C(c1ccc(F)cc1)c1cc(-c2ccccc2)nc2[nH]c3ccccc3c12. The average molecular weight is 366 g/mol. The predicted molar refractivity (Wildman–Crippen MR) is 109 cm³/mol. The number of pyridine rings is 1. The van der Waals surface area contributed by atoms with Crippen LogP contribution in [0.4, 0.5) is 4.39 Å². The highest BCUT2D eigenvalue weighted by Gasteiger charge is 2.19. The van der Waals surface area contributed by atoms with Gasteiger partial charge in [-0.1, -0.05) is 48.5 Å². The highest BCUT2D eigenvalue weighted by atomic mass is 19.1. The molecule has 1 N–H and O–H groups in total. The zero-order chi connectivity index (χ0) is 19.1. The first-order valence-corrected chi connectivity index (χ1v) is 8.98. The topological polar surface area (TPSA) is 45.8 Å². The number of aromatic amines is 1. The van der Waals surface area contributed by atoms with E-state index in [0.29, 0.717) is 22.5 Å². The van der Waals surface area contributed by atoms with Gasteiger partial charge in [0.25, 0.3) is 0 Å². The van der Waals surface area contributed by atoms with Gasteiger partial charge < -0.3 is 4.98 Å². The van der Waals surface area contributed by atoms with Gasteiger partial charge >= 0.3 is 0 Å². The molecule has 0 saturated heterocycles. The van der Waals surface area contributed by atoms with Gasteiger partial charge in [-0.15, -0.1) is 0 Å². The van der Waals surface area contributed by atoms with Crippen molar-refractivity contribution >= 4 is 27.7 Å². The Bertz CT molecular complexity index is 1320. The maximum Gasteiger partial charge on any atom is 0.193 e. The summed E-state index contributed by atoms with van der Waals surface area (Å²) in [6, 6.07) is 25.0. The zero-order valence-electron chi connectivity index (χ0n) is 14.8. The van der Waals surface area contributed by atoms with Crippen LogP contribution >= 0.6 is 0 Å². The number of hydrogen-bond acceptors (Lipinski definition) is 2. The van der Waals surface area contributed by atoms with Gasteiger partial charge in [-0.25, -0.2) is 9.37 Å². The molecule has 28 heavy (non-hydrogen) atoms. The smallest absolute Gasteiger partial charge is 0.193 e. The van der Waals surface area contributed by atoms with E-state index in [1.54, 1.807) is 0 Å². The Morgan fingerprint density at radius 3 is 2.36 bits per heavy atom. The lowest BCUT2D eigenvalue weighted by Crippen LogP contribution is -2.03. The van der Waals surface area contributed by atoms with Crippen molar-refractivity contribution in [1.29, 1.82) is 0 Å². The maximum atomic E-state index is 13.3. The summed E-state index contributed by atoms with van der Waals surface area (Å²) >= 11 is 0. The fourth-order valence-electron chi connectivity index (χ4n) is 3.54. The van der Waals surface area contributed by atoms with Crippen LogP contribution in [0.1, 0.15) is 15.9 Å². The van der Waals surface area contributed by atoms with Crippen LogP contribution in [0.5, 0.6) is 0 Å². The average Bonchev–Trinajstić information content (AvgIpc) is 3.12. The molecule has 2 heterocycles. The number of carbonyl (C=O) groups excluding carboxylic acids is 1. The molecule has 0 amide bonds. The van der Waals surface area contributed by atoms with Crippen LogP contribution in [0.3, 0.4) is 0 Å². The monoisotopic (exact) mass is 366 g/mol. The largest absolute Gasteiger partial charge is 0.339 e. The number of nitrogens with zero attached hydrogens (tertiary/aromatic N) is 1. The highest BCUT2D eigenvalue weighted by Crippen LogP contribution is 2.32. The van der Waals surface area contributed by atoms with Crippen LogP contribution in [0.2, 0.25) is 0 Å². The van der Waals surface area contributed by atoms with Gasteiger partial charge in [-0.2, -0.15) is 0 Å². The van der Waals surface area contributed by atoms with Crippen LogP contribution in [-0.4, -0.2) is 15.8 Å². The van der Waals surface area contributed by atoms with Crippen LogP contribution in [-0.2, 0) is 0 Å². The van der Waals surface area contributed by atoms with E-state index in [4.69, 9.17) is 4.98 Å². The number of rotatable bonds is 3. The fourth-order valence-corrected chi connectivity index (χ4v) is 3.54. The van der Waals surface area contributed by atoms with E-state index >= 15 is 0 Å². The molecule has 2 aromatic heterocycles. The van der Waals surface area contributed by atoms with Gasteiger partial charge in [-0.05, 0) is 36.4 Å². The molecule has 3 nitrogen and oxygen atoms in total. The minimum absolute atomic E-state index is 0.158. The number of halogens is 1. The number of nitrogens with one attached hydrogen (secondary N) is 1. The minimum atomic E-state index is -0.367. The number of carbonyl (C=O) groups is 1. The van der Waals surface area contributed by atoms with E-state index in [9.17, 15) is 9.18 Å². The number of ketones is 1. The molecule has 0 radical (unpaired) electrons. The normalized spacial score (nSPS) is 11.2. The molecular formula is C24H15FN2O. The Labute approximate surface area is 160 Å². The molecular weight excluding hydrogens is 351 g/mol. The molecule has 0 spiro atoms. The van der Waals surface area contributed by atoms with Crippen molar-refractivity contribution in [1.82, 2.24) is 9.97 Å². The summed E-state index contributed by atoms with van der Waals surface area (Å²) in [5, 5.41) is 1.72. The molecule has 4 heteroatoms. The third-order valence-electron chi connectivity index (χ3n) is 4.89. The lowest BCUT2D eigenvalue weighted by Gasteiger charge is -2.08. The summed E-state index contributed by atoms with van der Waals surface area (Å²) < 4.78 is 13.3. The Balaban J connectivity index is 1.81. The van der Waals surface area contributed by atoms with Crippen molar-refractivity contribution in [3.8, 4) is 11.3 Å². The van der Waals surface area contributed by atoms with E-state index in [2.05, 4.69) is 4.98 Å². The van der Waals surface area contributed by atoms with Crippen molar-refractivity contribution < 1.29 is 9.18 Å². The summed E-state index contributed by atoms with van der Waals surface area (Å²) in [6.07, 6.45) is 0. The molecule has 3 aromatic carbocycles. The molecule has 0 atom stereocenters. The van der Waals surface area contributed by atoms with Gasteiger partial charge in [0.05, 0.1) is 5.69 Å². The van der Waals surface area contributed by atoms with Crippen molar-refractivity contribution in [2.24, 2.45) is 0 Å². The molecule has 0 aliphatic rings. The number of aromatic nitrogens is 2. The first kappa shape index (κ1) is 16.4. The third-order valence-corrected chi connectivity index (χ3v) is 4.89. The maximum absolute atomic E-state index is 13.3. The Hall–Kier alpha value is -3.79.